The van der Waals surface area contributed by atoms with E-state index in [1.807, 2.05) is 34.4 Å². The molecule has 9 heteroatoms. The van der Waals surface area contributed by atoms with Gasteiger partial charge in [-0.05, 0) is 62.2 Å². The fraction of sp³-hybridized carbons (Fsp3) is 0.333. The number of amides is 1. The van der Waals surface area contributed by atoms with Crippen LogP contribution in [0.25, 0.3) is 0 Å². The number of anilines is 1. The summed E-state index contributed by atoms with van der Waals surface area (Å²) in [7, 11) is 0. The summed E-state index contributed by atoms with van der Waals surface area (Å²) < 4.78 is 31.7. The van der Waals surface area contributed by atoms with Crippen molar-refractivity contribution >= 4 is 28.9 Å². The first-order chi connectivity index (χ1) is 17.1. The van der Waals surface area contributed by atoms with Gasteiger partial charge in [0.1, 0.15) is 0 Å². The number of carboxylic acid groups (broad SMARTS) is 1. The predicted octanol–water partition coefficient (Wildman–Crippen LogP) is 5.77. The number of benzene rings is 2. The number of para-hydroxylation sites is 1. The second kappa shape index (κ2) is 10.4. The molecule has 2 aromatic carbocycles. The van der Waals surface area contributed by atoms with E-state index in [4.69, 9.17) is 9.90 Å². The number of nitrogens with zero attached hydrogens (tertiary/aromatic N) is 2. The second-order valence-electron chi connectivity index (χ2n) is 9.07. The van der Waals surface area contributed by atoms with Crippen molar-refractivity contribution in [3.8, 4) is 0 Å². The Labute approximate surface area is 211 Å². The average Bonchev–Trinajstić information content (AvgIpc) is 3.36. The van der Waals surface area contributed by atoms with Crippen LogP contribution in [0.1, 0.15) is 33.7 Å². The van der Waals surface area contributed by atoms with Crippen molar-refractivity contribution in [2.75, 3.05) is 18.0 Å². The predicted molar refractivity (Wildman–Crippen MR) is 133 cm³/mol. The number of halogens is 3. The van der Waals surface area contributed by atoms with Crippen molar-refractivity contribution in [3.05, 3.63) is 87.6 Å². The number of rotatable bonds is 4. The Morgan fingerprint density at radius 2 is 1.58 bits per heavy atom. The van der Waals surface area contributed by atoms with Crippen LogP contribution < -0.4 is 4.90 Å². The maximum Gasteiger partial charge on any atom is 0.490 e. The first-order valence-electron chi connectivity index (χ1n) is 11.6. The van der Waals surface area contributed by atoms with Crippen molar-refractivity contribution in [2.24, 2.45) is 0 Å². The molecular weight excluding hydrogens is 489 g/mol. The summed E-state index contributed by atoms with van der Waals surface area (Å²) in [5.41, 5.74) is 3.15. The molecule has 1 saturated heterocycles. The monoisotopic (exact) mass is 516 g/mol. The molecule has 1 fully saturated rings. The molecule has 1 aromatic heterocycles. The molecule has 0 unspecified atom stereocenters. The summed E-state index contributed by atoms with van der Waals surface area (Å²) in [5, 5.41) is 7.12. The van der Waals surface area contributed by atoms with Crippen molar-refractivity contribution in [2.45, 2.75) is 44.4 Å². The van der Waals surface area contributed by atoms with E-state index in [-0.39, 0.29) is 11.3 Å². The maximum atomic E-state index is 13.7. The molecule has 1 spiro atoms. The highest BCUT2D eigenvalue weighted by Crippen LogP contribution is 2.48. The highest BCUT2D eigenvalue weighted by molar-refractivity contribution is 7.11. The van der Waals surface area contributed by atoms with Gasteiger partial charge in [-0.3, -0.25) is 9.69 Å². The molecule has 36 heavy (non-hydrogen) atoms. The molecular formula is C27H27F3N2O3S. The molecule has 0 saturated carbocycles. The van der Waals surface area contributed by atoms with E-state index in [1.54, 1.807) is 0 Å². The Kier molecular flexibility index (Phi) is 7.51. The van der Waals surface area contributed by atoms with Gasteiger partial charge in [0.15, 0.2) is 0 Å². The Hall–Kier alpha value is -3.17. The van der Waals surface area contributed by atoms with E-state index in [0.717, 1.165) is 38.2 Å². The number of aryl methyl sites for hydroxylation is 1. The number of aliphatic carboxylic acids is 1. The van der Waals surface area contributed by atoms with Gasteiger partial charge in [-0.2, -0.15) is 13.2 Å². The highest BCUT2D eigenvalue weighted by Gasteiger charge is 2.51. The van der Waals surface area contributed by atoms with Gasteiger partial charge in [-0.1, -0.05) is 48.5 Å². The van der Waals surface area contributed by atoms with Crippen LogP contribution in [0.4, 0.5) is 18.9 Å². The molecule has 1 N–H and O–H groups in total. The van der Waals surface area contributed by atoms with E-state index >= 15 is 0 Å². The number of alkyl halides is 3. The van der Waals surface area contributed by atoms with Crippen LogP contribution in [-0.4, -0.2) is 41.1 Å². The molecule has 0 atom stereocenters. The van der Waals surface area contributed by atoms with Gasteiger partial charge in [-0.25, -0.2) is 4.79 Å². The fourth-order valence-electron chi connectivity index (χ4n) is 4.89. The minimum atomic E-state index is -5.08. The number of fused-ring (bicyclic) bond motifs is 2. The van der Waals surface area contributed by atoms with Gasteiger partial charge >= 0.3 is 12.1 Å². The van der Waals surface area contributed by atoms with E-state index in [1.165, 1.54) is 20.9 Å². The van der Waals surface area contributed by atoms with Gasteiger partial charge in [0.25, 0.3) is 0 Å². The van der Waals surface area contributed by atoms with Crippen molar-refractivity contribution < 1.29 is 27.9 Å². The van der Waals surface area contributed by atoms with Crippen LogP contribution in [0.2, 0.25) is 0 Å². The quantitative estimate of drug-likeness (QED) is 0.478. The van der Waals surface area contributed by atoms with Gasteiger partial charge in [-0.15, -0.1) is 11.3 Å². The normalized spacial score (nSPS) is 17.0. The zero-order valence-electron chi connectivity index (χ0n) is 19.8. The molecule has 190 valence electrons. The molecule has 0 bridgehead atoms. The molecule has 3 heterocycles. The first kappa shape index (κ1) is 25.9. The number of carbonyl (C=O) groups is 2. The summed E-state index contributed by atoms with van der Waals surface area (Å²) in [4.78, 5) is 29.9. The maximum absolute atomic E-state index is 13.7. The third-order valence-corrected chi connectivity index (χ3v) is 7.66. The van der Waals surface area contributed by atoms with Crippen LogP contribution >= 0.6 is 11.3 Å². The summed E-state index contributed by atoms with van der Waals surface area (Å²) in [6.45, 7) is 5.75. The second-order valence-corrected chi connectivity index (χ2v) is 10.4. The SMILES string of the molecule is Cc1ccc(CN2CCC3(CC2)C(=O)N(Cc2ccccc2)c2ccccc23)s1.O=C(O)C(F)(F)F. The third kappa shape index (κ3) is 5.47. The number of thiophene rings is 1. The number of hydrogen-bond donors (Lipinski definition) is 1. The van der Waals surface area contributed by atoms with Crippen LogP contribution in [0.15, 0.2) is 66.7 Å². The number of carboxylic acids is 1. The van der Waals surface area contributed by atoms with E-state index in [0.29, 0.717) is 6.54 Å². The number of carbonyl (C=O) groups excluding carboxylic acids is 1. The molecule has 0 radical (unpaired) electrons. The summed E-state index contributed by atoms with van der Waals surface area (Å²) in [6.07, 6.45) is -3.28. The van der Waals surface area contributed by atoms with Crippen LogP contribution in [0.5, 0.6) is 0 Å². The molecule has 2 aliphatic heterocycles. The van der Waals surface area contributed by atoms with Crippen molar-refractivity contribution in [1.82, 2.24) is 4.90 Å². The molecule has 1 amide bonds. The molecule has 3 aromatic rings. The first-order valence-corrected chi connectivity index (χ1v) is 12.4. The molecule has 2 aliphatic rings. The van der Waals surface area contributed by atoms with Crippen molar-refractivity contribution in [3.63, 3.8) is 0 Å². The van der Waals surface area contributed by atoms with E-state index < -0.39 is 12.1 Å². The lowest BCUT2D eigenvalue weighted by molar-refractivity contribution is -0.192. The largest absolute Gasteiger partial charge is 0.490 e. The topological polar surface area (TPSA) is 60.9 Å². The minimum Gasteiger partial charge on any atom is -0.475 e. The minimum absolute atomic E-state index is 0.286. The Morgan fingerprint density at radius 1 is 0.972 bits per heavy atom. The summed E-state index contributed by atoms with van der Waals surface area (Å²) >= 11 is 1.88. The Bertz CT molecular complexity index is 1220. The van der Waals surface area contributed by atoms with Crippen molar-refractivity contribution in [1.29, 1.82) is 0 Å². The van der Waals surface area contributed by atoms with Gasteiger partial charge in [0.05, 0.1) is 12.0 Å². The zero-order valence-corrected chi connectivity index (χ0v) is 20.6. The fourth-order valence-corrected chi connectivity index (χ4v) is 5.82. The van der Waals surface area contributed by atoms with Gasteiger partial charge in [0, 0.05) is 22.0 Å². The molecule has 0 aliphatic carbocycles. The van der Waals surface area contributed by atoms with Gasteiger partial charge < -0.3 is 10.0 Å². The lowest BCUT2D eigenvalue weighted by Crippen LogP contribution is -2.48. The zero-order chi connectivity index (χ0) is 25.9. The van der Waals surface area contributed by atoms with Gasteiger partial charge in [0.2, 0.25) is 5.91 Å². The number of hydrogen-bond acceptors (Lipinski definition) is 4. The lowest BCUT2D eigenvalue weighted by Gasteiger charge is -2.38. The number of piperidine rings is 1. The average molecular weight is 517 g/mol. The molecule has 5 rings (SSSR count). The van der Waals surface area contributed by atoms with E-state index in [9.17, 15) is 18.0 Å². The molecule has 5 nitrogen and oxygen atoms in total. The van der Waals surface area contributed by atoms with Crippen LogP contribution in [-0.2, 0) is 28.1 Å². The Morgan fingerprint density at radius 3 is 2.17 bits per heavy atom. The highest BCUT2D eigenvalue weighted by atomic mass is 32.1. The van der Waals surface area contributed by atoms with E-state index in [2.05, 4.69) is 60.4 Å². The smallest absolute Gasteiger partial charge is 0.475 e. The third-order valence-electron chi connectivity index (χ3n) is 6.68. The Balaban J connectivity index is 0.000000384. The number of likely N-dealkylation sites (tertiary alicyclic amines) is 1. The summed E-state index contributed by atoms with van der Waals surface area (Å²) in [6, 6.07) is 23.2. The lowest BCUT2D eigenvalue weighted by atomic mass is 9.73. The van der Waals surface area contributed by atoms with Crippen LogP contribution in [0.3, 0.4) is 0 Å². The van der Waals surface area contributed by atoms with Crippen LogP contribution in [0, 0.1) is 6.92 Å². The summed E-state index contributed by atoms with van der Waals surface area (Å²) in [5.74, 6) is -2.47. The standard InChI is InChI=1S/C25H26N2OS.C2HF3O2/c1-19-11-12-21(29-19)18-26-15-13-25(14-16-26)22-9-5-6-10-23(22)27(24(25)28)17-20-7-3-2-4-8-20;3-2(4,5)1(6)7/h2-12H,13-18H2,1H3;(H,6,7).